The Hall–Kier alpha value is -2.14. The first-order chi connectivity index (χ1) is 12.1. The van der Waals surface area contributed by atoms with Crippen LogP contribution in [0.1, 0.15) is 30.7 Å². The van der Waals surface area contributed by atoms with Crippen LogP contribution < -0.4 is 5.32 Å². The summed E-state index contributed by atoms with van der Waals surface area (Å²) in [6.45, 7) is 4.84. The molecule has 4 heteroatoms. The fraction of sp³-hybridized carbons (Fsp3) is 0.333. The molecular weight excluding hydrogens is 314 g/mol. The molecule has 1 atom stereocenters. The second kappa shape index (κ2) is 8.30. The fourth-order valence-electron chi connectivity index (χ4n) is 2.69. The van der Waals surface area contributed by atoms with Gasteiger partial charge in [-0.15, -0.1) is 0 Å². The normalized spacial score (nSPS) is 12.8. The van der Waals surface area contributed by atoms with Crippen molar-refractivity contribution in [3.8, 4) is 0 Å². The third-order valence-corrected chi connectivity index (χ3v) is 4.00. The number of hydrogen-bond acceptors (Lipinski definition) is 4. The molecule has 1 aromatic heterocycles. The Kier molecular flexibility index (Phi) is 5.87. The minimum absolute atomic E-state index is 0.320. The predicted molar refractivity (Wildman–Crippen MR) is 99.4 cm³/mol. The van der Waals surface area contributed by atoms with Gasteiger partial charge < -0.3 is 19.6 Å². The summed E-state index contributed by atoms with van der Waals surface area (Å²) in [6, 6.07) is 18.7. The van der Waals surface area contributed by atoms with Crippen LogP contribution in [-0.2, 0) is 17.8 Å². The molecule has 0 saturated carbocycles. The Bertz CT molecular complexity index is 795. The van der Waals surface area contributed by atoms with Crippen molar-refractivity contribution in [1.82, 2.24) is 5.32 Å². The number of nitrogens with one attached hydrogen (secondary N) is 1. The number of hydrogen-bond donors (Lipinski definition) is 2. The van der Waals surface area contributed by atoms with Crippen molar-refractivity contribution in [1.29, 1.82) is 0 Å². The molecule has 0 amide bonds. The minimum Gasteiger partial charge on any atom is -0.461 e. The lowest BCUT2D eigenvalue weighted by atomic mass is 10.1. The average molecular weight is 339 g/mol. The van der Waals surface area contributed by atoms with E-state index in [0.717, 1.165) is 28.7 Å². The first-order valence-corrected chi connectivity index (χ1v) is 8.68. The van der Waals surface area contributed by atoms with Gasteiger partial charge in [0.2, 0.25) is 0 Å². The molecule has 2 aromatic carbocycles. The molecule has 0 aliphatic carbocycles. The van der Waals surface area contributed by atoms with Gasteiger partial charge in [-0.05, 0) is 23.3 Å². The maximum absolute atomic E-state index is 9.83. The van der Waals surface area contributed by atoms with E-state index in [9.17, 15) is 5.11 Å². The standard InChI is InChI=1S/C21H25NO3/c1-15(2)22-13-21(23)24-14-17-8-9-18-12-19(25-20(18)11-17)10-16-6-4-3-5-7-16/h3-9,11-12,15,21-23H,10,13-14H2,1-2H3. The summed E-state index contributed by atoms with van der Waals surface area (Å²) in [5, 5.41) is 14.1. The number of furan rings is 1. The summed E-state index contributed by atoms with van der Waals surface area (Å²) in [5.41, 5.74) is 3.06. The van der Waals surface area contributed by atoms with Crippen LogP contribution in [0.2, 0.25) is 0 Å². The van der Waals surface area contributed by atoms with Gasteiger partial charge in [0, 0.05) is 24.4 Å². The van der Waals surface area contributed by atoms with Crippen LogP contribution in [0, 0.1) is 0 Å². The van der Waals surface area contributed by atoms with E-state index in [1.807, 2.05) is 50.2 Å². The molecule has 25 heavy (non-hydrogen) atoms. The highest BCUT2D eigenvalue weighted by Crippen LogP contribution is 2.23. The van der Waals surface area contributed by atoms with E-state index in [2.05, 4.69) is 23.5 Å². The highest BCUT2D eigenvalue weighted by atomic mass is 16.6. The van der Waals surface area contributed by atoms with E-state index < -0.39 is 6.29 Å². The van der Waals surface area contributed by atoms with Crippen LogP contribution in [-0.4, -0.2) is 24.0 Å². The Morgan fingerprint density at radius 2 is 1.84 bits per heavy atom. The maximum atomic E-state index is 9.83. The zero-order chi connectivity index (χ0) is 17.6. The van der Waals surface area contributed by atoms with Gasteiger partial charge in [0.15, 0.2) is 6.29 Å². The second-order valence-electron chi connectivity index (χ2n) is 6.58. The van der Waals surface area contributed by atoms with Gasteiger partial charge >= 0.3 is 0 Å². The van der Waals surface area contributed by atoms with Crippen LogP contribution in [0.5, 0.6) is 0 Å². The van der Waals surface area contributed by atoms with E-state index in [0.29, 0.717) is 19.2 Å². The minimum atomic E-state index is -0.816. The topological polar surface area (TPSA) is 54.6 Å². The monoisotopic (exact) mass is 339 g/mol. The molecule has 0 aliphatic rings. The summed E-state index contributed by atoms with van der Waals surface area (Å²) in [6.07, 6.45) is -0.0376. The number of aliphatic hydroxyl groups excluding tert-OH is 1. The van der Waals surface area contributed by atoms with E-state index in [4.69, 9.17) is 9.15 Å². The van der Waals surface area contributed by atoms with E-state index in [1.54, 1.807) is 0 Å². The molecule has 0 saturated heterocycles. The Balaban J connectivity index is 1.62. The first kappa shape index (κ1) is 17.7. The van der Waals surface area contributed by atoms with Crippen molar-refractivity contribution < 1.29 is 14.3 Å². The number of benzene rings is 2. The molecule has 2 N–H and O–H groups in total. The van der Waals surface area contributed by atoms with Gasteiger partial charge in [0.25, 0.3) is 0 Å². The van der Waals surface area contributed by atoms with E-state index >= 15 is 0 Å². The van der Waals surface area contributed by atoms with Gasteiger partial charge in [-0.3, -0.25) is 0 Å². The van der Waals surface area contributed by atoms with Crippen LogP contribution in [0.3, 0.4) is 0 Å². The summed E-state index contributed by atoms with van der Waals surface area (Å²) in [7, 11) is 0. The fourth-order valence-corrected chi connectivity index (χ4v) is 2.69. The predicted octanol–water partition coefficient (Wildman–Crippen LogP) is 3.86. The largest absolute Gasteiger partial charge is 0.461 e. The van der Waals surface area contributed by atoms with Crippen molar-refractivity contribution in [2.24, 2.45) is 0 Å². The third-order valence-electron chi connectivity index (χ3n) is 4.00. The van der Waals surface area contributed by atoms with Gasteiger partial charge in [0.05, 0.1) is 6.61 Å². The molecule has 0 spiro atoms. The van der Waals surface area contributed by atoms with Gasteiger partial charge in [-0.2, -0.15) is 0 Å². The Morgan fingerprint density at radius 3 is 2.60 bits per heavy atom. The second-order valence-corrected chi connectivity index (χ2v) is 6.58. The summed E-state index contributed by atoms with van der Waals surface area (Å²) >= 11 is 0. The highest BCUT2D eigenvalue weighted by molar-refractivity contribution is 5.78. The molecule has 1 unspecified atom stereocenters. The summed E-state index contributed by atoms with van der Waals surface area (Å²) in [5.74, 6) is 0.945. The molecule has 3 aromatic rings. The zero-order valence-electron chi connectivity index (χ0n) is 14.7. The lowest BCUT2D eigenvalue weighted by molar-refractivity contribution is -0.105. The quantitative estimate of drug-likeness (QED) is 0.612. The van der Waals surface area contributed by atoms with Crippen LogP contribution in [0.4, 0.5) is 0 Å². The molecule has 132 valence electrons. The smallest absolute Gasteiger partial charge is 0.167 e. The van der Waals surface area contributed by atoms with Crippen molar-refractivity contribution in [3.05, 3.63) is 71.5 Å². The average Bonchev–Trinajstić information content (AvgIpc) is 3.00. The lowest BCUT2D eigenvalue weighted by Gasteiger charge is -2.14. The van der Waals surface area contributed by atoms with Gasteiger partial charge in [-0.1, -0.05) is 56.3 Å². The SMILES string of the molecule is CC(C)NCC(O)OCc1ccc2cc(Cc3ccccc3)oc2c1. The van der Waals surface area contributed by atoms with Crippen LogP contribution in [0.25, 0.3) is 11.0 Å². The van der Waals surface area contributed by atoms with Gasteiger partial charge in [0.1, 0.15) is 11.3 Å². The highest BCUT2D eigenvalue weighted by Gasteiger charge is 2.08. The maximum Gasteiger partial charge on any atom is 0.167 e. The van der Waals surface area contributed by atoms with Crippen LogP contribution in [0.15, 0.2) is 59.0 Å². The summed E-state index contributed by atoms with van der Waals surface area (Å²) < 4.78 is 11.4. The third kappa shape index (κ3) is 5.16. The number of aliphatic hydroxyl groups is 1. The van der Waals surface area contributed by atoms with Crippen molar-refractivity contribution >= 4 is 11.0 Å². The van der Waals surface area contributed by atoms with Crippen molar-refractivity contribution in [2.75, 3.05) is 6.54 Å². The van der Waals surface area contributed by atoms with Crippen molar-refractivity contribution in [2.45, 2.75) is 39.2 Å². The molecular formula is C21H25NO3. The first-order valence-electron chi connectivity index (χ1n) is 8.68. The van der Waals surface area contributed by atoms with E-state index in [1.165, 1.54) is 5.56 Å². The zero-order valence-corrected chi connectivity index (χ0v) is 14.7. The Morgan fingerprint density at radius 1 is 1.04 bits per heavy atom. The molecule has 3 rings (SSSR count). The number of fused-ring (bicyclic) bond motifs is 1. The van der Waals surface area contributed by atoms with Gasteiger partial charge in [-0.25, -0.2) is 0 Å². The molecule has 4 nitrogen and oxygen atoms in total. The summed E-state index contributed by atoms with van der Waals surface area (Å²) in [4.78, 5) is 0. The number of rotatable bonds is 8. The van der Waals surface area contributed by atoms with Crippen molar-refractivity contribution in [3.63, 3.8) is 0 Å². The molecule has 1 heterocycles. The molecule has 0 fully saturated rings. The van der Waals surface area contributed by atoms with Crippen LogP contribution >= 0.6 is 0 Å². The Labute approximate surface area is 148 Å². The lowest BCUT2D eigenvalue weighted by Crippen LogP contribution is -2.33. The van der Waals surface area contributed by atoms with E-state index in [-0.39, 0.29) is 0 Å². The molecule has 0 radical (unpaired) electrons. The molecule has 0 aliphatic heterocycles. The molecule has 0 bridgehead atoms. The number of ether oxygens (including phenoxy) is 1.